The lowest BCUT2D eigenvalue weighted by Gasteiger charge is -2.06. The molecule has 1 N–H and O–H groups in total. The van der Waals surface area contributed by atoms with E-state index in [-0.39, 0.29) is 0 Å². The van der Waals surface area contributed by atoms with E-state index in [2.05, 4.69) is 46.6 Å². The summed E-state index contributed by atoms with van der Waals surface area (Å²) in [6.07, 6.45) is 3.93. The summed E-state index contributed by atoms with van der Waals surface area (Å²) in [7, 11) is 0. The van der Waals surface area contributed by atoms with Gasteiger partial charge in [-0.25, -0.2) is 9.50 Å². The molecule has 3 rings (SSSR count). The van der Waals surface area contributed by atoms with Crippen molar-refractivity contribution in [2.45, 2.75) is 26.9 Å². The van der Waals surface area contributed by atoms with Gasteiger partial charge in [0.05, 0.1) is 5.69 Å². The van der Waals surface area contributed by atoms with Crippen LogP contribution in [0.3, 0.4) is 0 Å². The lowest BCUT2D eigenvalue weighted by Crippen LogP contribution is -2.13. The van der Waals surface area contributed by atoms with Crippen LogP contribution < -0.4 is 5.32 Å². The number of nitrogens with one attached hydrogen (secondary N) is 1. The zero-order valence-corrected chi connectivity index (χ0v) is 11.8. The number of rotatable bonds is 4. The summed E-state index contributed by atoms with van der Waals surface area (Å²) in [5, 5.41) is 7.81. The second kappa shape index (κ2) is 5.43. The maximum absolute atomic E-state index is 4.40. The van der Waals surface area contributed by atoms with Crippen molar-refractivity contribution in [1.82, 2.24) is 19.9 Å². The average molecular weight is 266 g/mol. The number of nitrogens with zero attached hydrogens (tertiary/aromatic N) is 3. The Kier molecular flexibility index (Phi) is 3.48. The van der Waals surface area contributed by atoms with Crippen molar-refractivity contribution in [2.75, 3.05) is 0 Å². The summed E-state index contributed by atoms with van der Waals surface area (Å²) in [4.78, 5) is 4.40. The molecule has 1 aromatic carbocycles. The Morgan fingerprint density at radius 1 is 1.10 bits per heavy atom. The highest BCUT2D eigenvalue weighted by Crippen LogP contribution is 2.06. The fourth-order valence-electron chi connectivity index (χ4n) is 2.30. The lowest BCUT2D eigenvalue weighted by atomic mass is 10.1. The summed E-state index contributed by atoms with van der Waals surface area (Å²) < 4.78 is 1.83. The van der Waals surface area contributed by atoms with Gasteiger partial charge in [0.25, 0.3) is 0 Å². The number of hydrogen-bond donors (Lipinski definition) is 1. The van der Waals surface area contributed by atoms with Gasteiger partial charge in [0.15, 0.2) is 5.65 Å². The fourth-order valence-corrected chi connectivity index (χ4v) is 2.30. The molecular formula is C16H18N4. The van der Waals surface area contributed by atoms with Crippen molar-refractivity contribution in [3.05, 3.63) is 65.1 Å². The lowest BCUT2D eigenvalue weighted by molar-refractivity contribution is 0.685. The van der Waals surface area contributed by atoms with Gasteiger partial charge in [-0.1, -0.05) is 29.8 Å². The second-order valence-electron chi connectivity index (χ2n) is 5.14. The van der Waals surface area contributed by atoms with Crippen LogP contribution in [0.25, 0.3) is 5.65 Å². The predicted molar refractivity (Wildman–Crippen MR) is 79.4 cm³/mol. The molecule has 0 aliphatic rings. The van der Waals surface area contributed by atoms with E-state index in [0.717, 1.165) is 30.0 Å². The Balaban J connectivity index is 1.64. The van der Waals surface area contributed by atoms with Crippen LogP contribution in [0.4, 0.5) is 0 Å². The molecule has 0 unspecified atom stereocenters. The Bertz CT molecular complexity index is 730. The van der Waals surface area contributed by atoms with Crippen molar-refractivity contribution in [1.29, 1.82) is 0 Å². The second-order valence-corrected chi connectivity index (χ2v) is 5.14. The first-order chi connectivity index (χ1) is 9.70. The van der Waals surface area contributed by atoms with Gasteiger partial charge in [-0.05, 0) is 19.4 Å². The third kappa shape index (κ3) is 2.86. The van der Waals surface area contributed by atoms with Crippen molar-refractivity contribution < 1.29 is 0 Å². The van der Waals surface area contributed by atoms with Gasteiger partial charge < -0.3 is 5.32 Å². The van der Waals surface area contributed by atoms with Crippen molar-refractivity contribution >= 4 is 5.65 Å². The van der Waals surface area contributed by atoms with Gasteiger partial charge in [-0.2, -0.15) is 5.10 Å². The molecule has 0 saturated carbocycles. The molecule has 2 heterocycles. The van der Waals surface area contributed by atoms with E-state index in [1.807, 2.05) is 29.9 Å². The van der Waals surface area contributed by atoms with Gasteiger partial charge >= 0.3 is 0 Å². The first kappa shape index (κ1) is 12.8. The molecule has 0 amide bonds. The zero-order chi connectivity index (χ0) is 13.9. The normalized spacial score (nSPS) is 11.1. The minimum absolute atomic E-state index is 0.787. The molecule has 0 spiro atoms. The Morgan fingerprint density at radius 2 is 1.95 bits per heavy atom. The molecule has 0 aliphatic heterocycles. The van der Waals surface area contributed by atoms with Gasteiger partial charge in [0.2, 0.25) is 0 Å². The molecule has 0 atom stereocenters. The molecule has 2 aromatic heterocycles. The summed E-state index contributed by atoms with van der Waals surface area (Å²) in [6.45, 7) is 5.74. The third-order valence-corrected chi connectivity index (χ3v) is 3.23. The standard InChI is InChI=1S/C16H18N4/c1-12-4-3-5-14(6-12)8-17-9-15-10-18-16-7-13(2)19-20(16)11-15/h3-7,10-11,17H,8-9H2,1-2H3. The fraction of sp³-hybridized carbons (Fsp3) is 0.250. The van der Waals surface area contributed by atoms with Crippen LogP contribution >= 0.6 is 0 Å². The number of aryl methyl sites for hydroxylation is 2. The van der Waals surface area contributed by atoms with Crippen LogP contribution in [0.5, 0.6) is 0 Å². The van der Waals surface area contributed by atoms with E-state index < -0.39 is 0 Å². The van der Waals surface area contributed by atoms with Crippen LogP contribution in [0.1, 0.15) is 22.4 Å². The molecule has 4 nitrogen and oxygen atoms in total. The number of fused-ring (bicyclic) bond motifs is 1. The van der Waals surface area contributed by atoms with Crippen LogP contribution in [0.15, 0.2) is 42.7 Å². The molecule has 3 aromatic rings. The average Bonchev–Trinajstić information content (AvgIpc) is 2.78. The highest BCUT2D eigenvalue weighted by Gasteiger charge is 2.01. The van der Waals surface area contributed by atoms with E-state index >= 15 is 0 Å². The van der Waals surface area contributed by atoms with Gasteiger partial charge in [-0.3, -0.25) is 0 Å². The first-order valence-corrected chi connectivity index (χ1v) is 6.78. The topological polar surface area (TPSA) is 42.2 Å². The molecular weight excluding hydrogens is 248 g/mol. The molecule has 102 valence electrons. The molecule has 0 aliphatic carbocycles. The number of hydrogen-bond acceptors (Lipinski definition) is 3. The van der Waals surface area contributed by atoms with Crippen LogP contribution in [-0.4, -0.2) is 14.6 Å². The predicted octanol–water partition coefficient (Wildman–Crippen LogP) is 2.64. The highest BCUT2D eigenvalue weighted by atomic mass is 15.2. The molecule has 0 fully saturated rings. The van der Waals surface area contributed by atoms with E-state index in [9.17, 15) is 0 Å². The molecule has 0 saturated heterocycles. The van der Waals surface area contributed by atoms with Gasteiger partial charge in [0, 0.05) is 37.1 Å². The smallest absolute Gasteiger partial charge is 0.155 e. The summed E-state index contributed by atoms with van der Waals surface area (Å²) in [5.41, 5.74) is 5.61. The summed E-state index contributed by atoms with van der Waals surface area (Å²) in [5.74, 6) is 0. The SMILES string of the molecule is Cc1cccc(CNCc2cnc3cc(C)nn3c2)c1. The van der Waals surface area contributed by atoms with E-state index in [0.29, 0.717) is 0 Å². The van der Waals surface area contributed by atoms with Crippen molar-refractivity contribution in [3.8, 4) is 0 Å². The molecule has 0 bridgehead atoms. The van der Waals surface area contributed by atoms with Crippen molar-refractivity contribution in [2.24, 2.45) is 0 Å². The molecule has 0 radical (unpaired) electrons. The van der Waals surface area contributed by atoms with Gasteiger partial charge in [0.1, 0.15) is 0 Å². The van der Waals surface area contributed by atoms with E-state index in [4.69, 9.17) is 0 Å². The van der Waals surface area contributed by atoms with Crippen LogP contribution in [0.2, 0.25) is 0 Å². The summed E-state index contributed by atoms with van der Waals surface area (Å²) >= 11 is 0. The highest BCUT2D eigenvalue weighted by molar-refractivity contribution is 5.38. The van der Waals surface area contributed by atoms with Gasteiger partial charge in [-0.15, -0.1) is 0 Å². The summed E-state index contributed by atoms with van der Waals surface area (Å²) in [6, 6.07) is 10.5. The molecule has 20 heavy (non-hydrogen) atoms. The maximum atomic E-state index is 4.40. The van der Waals surface area contributed by atoms with Crippen molar-refractivity contribution in [3.63, 3.8) is 0 Å². The van der Waals surface area contributed by atoms with E-state index in [1.165, 1.54) is 11.1 Å². The Morgan fingerprint density at radius 3 is 2.80 bits per heavy atom. The molecule has 4 heteroatoms. The minimum Gasteiger partial charge on any atom is -0.309 e. The van der Waals surface area contributed by atoms with Crippen LogP contribution in [-0.2, 0) is 13.1 Å². The monoisotopic (exact) mass is 266 g/mol. The Labute approximate surface area is 118 Å². The zero-order valence-electron chi connectivity index (χ0n) is 11.8. The number of aromatic nitrogens is 3. The third-order valence-electron chi connectivity index (χ3n) is 3.23. The minimum atomic E-state index is 0.787. The number of benzene rings is 1. The largest absolute Gasteiger partial charge is 0.309 e. The Hall–Kier alpha value is -2.20. The first-order valence-electron chi connectivity index (χ1n) is 6.78. The maximum Gasteiger partial charge on any atom is 0.155 e. The quantitative estimate of drug-likeness (QED) is 0.789. The van der Waals surface area contributed by atoms with E-state index in [1.54, 1.807) is 0 Å². The van der Waals surface area contributed by atoms with Crippen LogP contribution in [0, 0.1) is 13.8 Å².